The van der Waals surface area contributed by atoms with Crippen molar-refractivity contribution in [3.63, 3.8) is 0 Å². The molecule has 0 fully saturated rings. The van der Waals surface area contributed by atoms with Crippen LogP contribution in [0.15, 0.2) is 224 Å². The molecular formula is C58H37N5. The summed E-state index contributed by atoms with van der Waals surface area (Å²) in [5.74, 6) is 1.82. The third-order valence-electron chi connectivity index (χ3n) is 12.0. The Morgan fingerprint density at radius 2 is 0.762 bits per heavy atom. The van der Waals surface area contributed by atoms with Gasteiger partial charge in [0.2, 0.25) is 0 Å². The van der Waals surface area contributed by atoms with E-state index in [0.29, 0.717) is 17.5 Å². The van der Waals surface area contributed by atoms with Gasteiger partial charge in [-0.3, -0.25) is 0 Å². The van der Waals surface area contributed by atoms with Crippen LogP contribution in [0.25, 0.3) is 117 Å². The van der Waals surface area contributed by atoms with Gasteiger partial charge < -0.3 is 4.57 Å². The van der Waals surface area contributed by atoms with Gasteiger partial charge in [0.25, 0.3) is 0 Å². The fourth-order valence-corrected chi connectivity index (χ4v) is 9.10. The van der Waals surface area contributed by atoms with Crippen LogP contribution in [0.3, 0.4) is 0 Å². The second-order valence-electron chi connectivity index (χ2n) is 15.8. The smallest absolute Gasteiger partial charge is 0.164 e. The number of rotatable bonds is 7. The lowest BCUT2D eigenvalue weighted by Crippen LogP contribution is -2.01. The van der Waals surface area contributed by atoms with E-state index in [1.54, 1.807) is 0 Å². The van der Waals surface area contributed by atoms with Crippen molar-refractivity contribution in [1.82, 2.24) is 24.5 Å². The van der Waals surface area contributed by atoms with Gasteiger partial charge in [0.05, 0.1) is 22.2 Å². The fraction of sp³-hybridized carbons (Fsp3) is 0. The minimum absolute atomic E-state index is 0.601. The minimum Gasteiger partial charge on any atom is -0.309 e. The number of fused-ring (bicyclic) bond motifs is 6. The van der Waals surface area contributed by atoms with Gasteiger partial charge in [-0.2, -0.15) is 0 Å². The lowest BCUT2D eigenvalue weighted by Gasteiger charge is -2.16. The number of hydrogen-bond donors (Lipinski definition) is 0. The lowest BCUT2D eigenvalue weighted by molar-refractivity contribution is 1.07. The van der Waals surface area contributed by atoms with Crippen LogP contribution in [0.1, 0.15) is 0 Å². The van der Waals surface area contributed by atoms with Gasteiger partial charge >= 0.3 is 0 Å². The van der Waals surface area contributed by atoms with E-state index >= 15 is 0 Å². The molecule has 0 unspecified atom stereocenters. The Morgan fingerprint density at radius 1 is 0.286 bits per heavy atom. The first-order valence-electron chi connectivity index (χ1n) is 21.2. The van der Waals surface area contributed by atoms with Crippen molar-refractivity contribution in [2.24, 2.45) is 0 Å². The van der Waals surface area contributed by atoms with Crippen LogP contribution in [0.4, 0.5) is 0 Å². The van der Waals surface area contributed by atoms with Crippen molar-refractivity contribution in [3.05, 3.63) is 224 Å². The SMILES string of the molecule is c1ccc(-c2cc(-c3ccccc3)c3c(cc(-c4cccc(-c5nc(-c6ccccc6)nc(-c6cccc(-n7c8ccccc8c8ccccc87)c6)n5)c4)c4ccccc43)n2)cc1. The molecule has 3 aromatic heterocycles. The molecule has 294 valence electrons. The van der Waals surface area contributed by atoms with Gasteiger partial charge in [0, 0.05) is 44.1 Å². The molecule has 9 aromatic carbocycles. The van der Waals surface area contributed by atoms with Crippen LogP contribution in [0.2, 0.25) is 0 Å². The molecule has 0 saturated carbocycles. The number of para-hydroxylation sites is 2. The molecule has 0 N–H and O–H groups in total. The van der Waals surface area contributed by atoms with E-state index in [1.165, 1.54) is 10.8 Å². The number of benzene rings is 9. The second kappa shape index (κ2) is 15.2. The van der Waals surface area contributed by atoms with Gasteiger partial charge in [-0.1, -0.05) is 182 Å². The zero-order chi connectivity index (χ0) is 41.7. The Labute approximate surface area is 364 Å². The Kier molecular flexibility index (Phi) is 8.75. The molecule has 3 heterocycles. The zero-order valence-corrected chi connectivity index (χ0v) is 34.1. The predicted octanol–water partition coefficient (Wildman–Crippen LogP) is 14.7. The van der Waals surface area contributed by atoms with Gasteiger partial charge in [0.15, 0.2) is 17.5 Å². The maximum Gasteiger partial charge on any atom is 0.164 e. The van der Waals surface area contributed by atoms with Crippen molar-refractivity contribution in [1.29, 1.82) is 0 Å². The molecule has 0 bridgehead atoms. The first kappa shape index (κ1) is 36.3. The van der Waals surface area contributed by atoms with Crippen LogP contribution in [0.5, 0.6) is 0 Å². The summed E-state index contributed by atoms with van der Waals surface area (Å²) >= 11 is 0. The molecular weight excluding hydrogens is 767 g/mol. The number of pyridine rings is 1. The summed E-state index contributed by atoms with van der Waals surface area (Å²) in [6, 6.07) is 78.6. The number of hydrogen-bond acceptors (Lipinski definition) is 4. The fourth-order valence-electron chi connectivity index (χ4n) is 9.10. The summed E-state index contributed by atoms with van der Waals surface area (Å²) in [6.07, 6.45) is 0. The van der Waals surface area contributed by atoms with Crippen LogP contribution < -0.4 is 0 Å². The zero-order valence-electron chi connectivity index (χ0n) is 34.1. The molecule has 5 heteroatoms. The van der Waals surface area contributed by atoms with E-state index in [1.807, 2.05) is 24.3 Å². The Morgan fingerprint density at radius 3 is 1.41 bits per heavy atom. The lowest BCUT2D eigenvalue weighted by atomic mass is 9.90. The van der Waals surface area contributed by atoms with Gasteiger partial charge in [-0.25, -0.2) is 19.9 Å². The van der Waals surface area contributed by atoms with E-state index in [2.05, 4.69) is 205 Å². The van der Waals surface area contributed by atoms with Crippen LogP contribution in [-0.2, 0) is 0 Å². The predicted molar refractivity (Wildman–Crippen MR) is 260 cm³/mol. The molecule has 0 radical (unpaired) electrons. The van der Waals surface area contributed by atoms with E-state index in [4.69, 9.17) is 19.9 Å². The van der Waals surface area contributed by atoms with Crippen molar-refractivity contribution >= 4 is 43.5 Å². The standard InChI is InChI=1S/C58H37N5/c1-4-18-38(19-5-1)50-37-51(39-20-6-2-7-21-39)59-52-36-49(45-28-10-11-31-48(45)55(50)52)41-24-16-25-42(34-41)57-60-56(40-22-8-3-9-23-40)61-58(62-57)43-26-17-27-44(35-43)63-53-32-14-12-29-46(53)47-30-13-15-33-54(47)63/h1-37H. The van der Waals surface area contributed by atoms with Crippen LogP contribution in [-0.4, -0.2) is 24.5 Å². The number of nitrogens with zero attached hydrogens (tertiary/aromatic N) is 5. The molecule has 63 heavy (non-hydrogen) atoms. The van der Waals surface area contributed by atoms with Gasteiger partial charge in [-0.15, -0.1) is 0 Å². The molecule has 0 aliphatic carbocycles. The third-order valence-corrected chi connectivity index (χ3v) is 12.0. The first-order valence-corrected chi connectivity index (χ1v) is 21.2. The highest BCUT2D eigenvalue weighted by atomic mass is 15.0. The van der Waals surface area contributed by atoms with Crippen molar-refractivity contribution < 1.29 is 0 Å². The van der Waals surface area contributed by atoms with E-state index < -0.39 is 0 Å². The second-order valence-corrected chi connectivity index (χ2v) is 15.8. The molecule has 0 aliphatic heterocycles. The molecule has 0 saturated heterocycles. The summed E-state index contributed by atoms with van der Waals surface area (Å²) in [5, 5.41) is 5.87. The van der Waals surface area contributed by atoms with Crippen LogP contribution in [0, 0.1) is 0 Å². The average molecular weight is 804 g/mol. The van der Waals surface area contributed by atoms with Gasteiger partial charge in [0.1, 0.15) is 0 Å². The summed E-state index contributed by atoms with van der Waals surface area (Å²) < 4.78 is 2.33. The first-order chi connectivity index (χ1) is 31.2. The van der Waals surface area contributed by atoms with Crippen LogP contribution >= 0.6 is 0 Å². The Bertz CT molecular complexity index is 3620. The highest BCUT2D eigenvalue weighted by Crippen LogP contribution is 2.42. The molecule has 0 aliphatic rings. The third kappa shape index (κ3) is 6.42. The highest BCUT2D eigenvalue weighted by Gasteiger charge is 2.19. The summed E-state index contributed by atoms with van der Waals surface area (Å²) in [5.41, 5.74) is 13.5. The molecule has 0 spiro atoms. The molecule has 12 aromatic rings. The number of aromatic nitrogens is 5. The van der Waals surface area contributed by atoms with E-state index in [-0.39, 0.29) is 0 Å². The Balaban J connectivity index is 1.03. The molecule has 0 amide bonds. The summed E-state index contributed by atoms with van der Waals surface area (Å²) in [6.45, 7) is 0. The average Bonchev–Trinajstić information content (AvgIpc) is 3.71. The quantitative estimate of drug-likeness (QED) is 0.151. The summed E-state index contributed by atoms with van der Waals surface area (Å²) in [7, 11) is 0. The summed E-state index contributed by atoms with van der Waals surface area (Å²) in [4.78, 5) is 20.9. The van der Waals surface area contributed by atoms with E-state index in [9.17, 15) is 0 Å². The molecule has 0 atom stereocenters. The topological polar surface area (TPSA) is 56.5 Å². The van der Waals surface area contributed by atoms with E-state index in [0.717, 1.165) is 88.6 Å². The maximum atomic E-state index is 5.36. The molecule has 12 rings (SSSR count). The van der Waals surface area contributed by atoms with Gasteiger partial charge in [-0.05, 0) is 75.5 Å². The minimum atomic E-state index is 0.601. The largest absolute Gasteiger partial charge is 0.309 e. The normalized spacial score (nSPS) is 11.5. The van der Waals surface area contributed by atoms with Crippen molar-refractivity contribution in [3.8, 4) is 73.4 Å². The van der Waals surface area contributed by atoms with Crippen molar-refractivity contribution in [2.45, 2.75) is 0 Å². The Hall–Kier alpha value is -8.54. The highest BCUT2D eigenvalue weighted by molar-refractivity contribution is 6.18. The maximum absolute atomic E-state index is 5.36. The molecule has 5 nitrogen and oxygen atoms in total. The van der Waals surface area contributed by atoms with Crippen molar-refractivity contribution in [2.75, 3.05) is 0 Å². The monoisotopic (exact) mass is 803 g/mol.